The molecule has 4 N–H and O–H groups in total. The maximum atomic E-state index is 12.8. The number of hydrogen-bond donors (Lipinski definition) is 3. The van der Waals surface area contributed by atoms with Gasteiger partial charge in [-0.2, -0.15) is 13.2 Å². The van der Waals surface area contributed by atoms with Crippen LogP contribution in [0.25, 0.3) is 0 Å². The number of nitrogen functional groups attached to an aromatic ring is 1. The zero-order chi connectivity index (χ0) is 15.5. The van der Waals surface area contributed by atoms with E-state index >= 15 is 0 Å². The lowest BCUT2D eigenvalue weighted by atomic mass is 10.1. The van der Waals surface area contributed by atoms with Gasteiger partial charge in [-0.15, -0.1) is 0 Å². The number of nitrogens with two attached hydrogens (primary N) is 1. The minimum absolute atomic E-state index is 0.0485. The van der Waals surface area contributed by atoms with Gasteiger partial charge >= 0.3 is 6.18 Å². The Morgan fingerprint density at radius 3 is 2.29 bits per heavy atom. The quantitative estimate of drug-likeness (QED) is 0.596. The molecule has 1 heterocycles. The zero-order valence-corrected chi connectivity index (χ0v) is 11.3. The highest BCUT2D eigenvalue weighted by Gasteiger charge is 2.31. The fraction of sp³-hybridized carbons (Fsp3) is 0.214. The van der Waals surface area contributed by atoms with Crippen LogP contribution in [0.15, 0.2) is 42.5 Å². The van der Waals surface area contributed by atoms with Gasteiger partial charge in [0.15, 0.2) is 0 Å². The summed E-state index contributed by atoms with van der Waals surface area (Å²) in [4.78, 5) is 3.98. The van der Waals surface area contributed by atoms with E-state index in [0.717, 1.165) is 17.7 Å². The van der Waals surface area contributed by atoms with Gasteiger partial charge in [-0.1, -0.05) is 30.3 Å². The molecule has 1 unspecified atom stereocenters. The van der Waals surface area contributed by atoms with Gasteiger partial charge in [-0.3, -0.25) is 0 Å². The van der Waals surface area contributed by atoms with E-state index in [1.807, 2.05) is 37.3 Å². The highest BCUT2D eigenvalue weighted by atomic mass is 19.4. The van der Waals surface area contributed by atoms with Crippen LogP contribution >= 0.6 is 0 Å². The van der Waals surface area contributed by atoms with Gasteiger partial charge < -0.3 is 10.7 Å². The van der Waals surface area contributed by atoms with Crippen molar-refractivity contribution in [3.05, 3.63) is 53.6 Å². The van der Waals surface area contributed by atoms with Crippen LogP contribution in [0.4, 0.5) is 24.8 Å². The van der Waals surface area contributed by atoms with Gasteiger partial charge in [0.2, 0.25) is 0 Å². The Morgan fingerprint density at radius 1 is 1.10 bits per heavy atom. The van der Waals surface area contributed by atoms with Crippen LogP contribution in [-0.4, -0.2) is 4.98 Å². The first-order valence-corrected chi connectivity index (χ1v) is 6.27. The summed E-state index contributed by atoms with van der Waals surface area (Å²) in [5.74, 6) is 5.22. The Kier molecular flexibility index (Phi) is 4.32. The summed E-state index contributed by atoms with van der Waals surface area (Å²) in [6.45, 7) is 1.84. The number of nitrogens with one attached hydrogen (secondary N) is 2. The molecule has 0 saturated carbocycles. The third kappa shape index (κ3) is 3.85. The van der Waals surface area contributed by atoms with Crippen LogP contribution in [0.3, 0.4) is 0 Å². The molecule has 0 bridgehead atoms. The Labute approximate surface area is 120 Å². The summed E-state index contributed by atoms with van der Waals surface area (Å²) >= 11 is 0. The van der Waals surface area contributed by atoms with Crippen molar-refractivity contribution in [2.24, 2.45) is 5.84 Å². The molecule has 0 saturated heterocycles. The molecular weight excluding hydrogens is 281 g/mol. The minimum atomic E-state index is -4.46. The topological polar surface area (TPSA) is 63.0 Å². The van der Waals surface area contributed by atoms with Crippen LogP contribution in [0, 0.1) is 0 Å². The van der Waals surface area contributed by atoms with Gasteiger partial charge in [0, 0.05) is 6.04 Å². The number of halogens is 3. The van der Waals surface area contributed by atoms with E-state index in [4.69, 9.17) is 5.84 Å². The summed E-state index contributed by atoms with van der Waals surface area (Å²) in [5.41, 5.74) is 2.27. The maximum absolute atomic E-state index is 12.8. The van der Waals surface area contributed by atoms with Crippen molar-refractivity contribution >= 4 is 11.6 Å². The molecule has 0 aliphatic rings. The Bertz CT molecular complexity index is 599. The molecule has 1 aromatic heterocycles. The molecule has 1 aromatic carbocycles. The van der Waals surface area contributed by atoms with Crippen molar-refractivity contribution in [2.45, 2.75) is 19.1 Å². The lowest BCUT2D eigenvalue weighted by molar-refractivity contribution is -0.137. The summed E-state index contributed by atoms with van der Waals surface area (Å²) < 4.78 is 38.5. The van der Waals surface area contributed by atoms with Crippen molar-refractivity contribution in [1.82, 2.24) is 4.98 Å². The van der Waals surface area contributed by atoms with Crippen molar-refractivity contribution in [3.63, 3.8) is 0 Å². The number of hydrazine groups is 1. The second-order valence-electron chi connectivity index (χ2n) is 4.55. The molecule has 0 aliphatic heterocycles. The number of nitrogens with zero attached hydrogens (tertiary/aromatic N) is 1. The Balaban J connectivity index is 2.27. The number of alkyl halides is 3. The molecule has 1 atom stereocenters. The first-order chi connectivity index (χ1) is 9.90. The molecule has 0 aliphatic carbocycles. The number of aromatic nitrogens is 1. The highest BCUT2D eigenvalue weighted by Crippen LogP contribution is 2.32. The second kappa shape index (κ2) is 6.01. The summed E-state index contributed by atoms with van der Waals surface area (Å²) in [5, 5.41) is 2.94. The number of rotatable bonds is 4. The lowest BCUT2D eigenvalue weighted by Crippen LogP contribution is -2.15. The molecule has 0 fully saturated rings. The summed E-state index contributed by atoms with van der Waals surface area (Å²) in [6, 6.07) is 11.0. The van der Waals surface area contributed by atoms with Crippen molar-refractivity contribution in [2.75, 3.05) is 10.7 Å². The van der Waals surface area contributed by atoms with E-state index in [1.165, 1.54) is 0 Å². The number of pyridine rings is 1. The van der Waals surface area contributed by atoms with Gasteiger partial charge in [-0.25, -0.2) is 10.8 Å². The van der Waals surface area contributed by atoms with Crippen LogP contribution in [-0.2, 0) is 6.18 Å². The lowest BCUT2D eigenvalue weighted by Gasteiger charge is -2.17. The third-order valence-corrected chi connectivity index (χ3v) is 2.96. The molecule has 21 heavy (non-hydrogen) atoms. The van der Waals surface area contributed by atoms with Gasteiger partial charge in [0.1, 0.15) is 11.6 Å². The fourth-order valence-corrected chi connectivity index (χ4v) is 1.89. The zero-order valence-electron chi connectivity index (χ0n) is 11.3. The van der Waals surface area contributed by atoms with Crippen LogP contribution in [0.2, 0.25) is 0 Å². The molecule has 2 rings (SSSR count). The molecule has 0 radical (unpaired) electrons. The van der Waals surface area contributed by atoms with Gasteiger partial charge in [-0.05, 0) is 24.6 Å². The van der Waals surface area contributed by atoms with Crippen molar-refractivity contribution in [1.29, 1.82) is 0 Å². The van der Waals surface area contributed by atoms with Crippen LogP contribution in [0.5, 0.6) is 0 Å². The molecule has 7 heteroatoms. The fourth-order valence-electron chi connectivity index (χ4n) is 1.89. The first kappa shape index (κ1) is 15.1. The average Bonchev–Trinajstić information content (AvgIpc) is 2.46. The highest BCUT2D eigenvalue weighted by molar-refractivity contribution is 5.50. The van der Waals surface area contributed by atoms with E-state index < -0.39 is 11.7 Å². The monoisotopic (exact) mass is 296 g/mol. The van der Waals surface area contributed by atoms with E-state index in [2.05, 4.69) is 15.7 Å². The first-order valence-electron chi connectivity index (χ1n) is 6.27. The predicted octanol–water partition coefficient (Wildman–Crippen LogP) is 3.56. The second-order valence-corrected chi connectivity index (χ2v) is 4.55. The third-order valence-electron chi connectivity index (χ3n) is 2.96. The maximum Gasteiger partial charge on any atom is 0.416 e. The summed E-state index contributed by atoms with van der Waals surface area (Å²) in [6.07, 6.45) is -4.46. The number of benzene rings is 1. The molecule has 2 aromatic rings. The largest absolute Gasteiger partial charge is 0.416 e. The normalized spacial score (nSPS) is 12.8. The molecule has 4 nitrogen and oxygen atoms in total. The Morgan fingerprint density at radius 2 is 1.71 bits per heavy atom. The standard InChI is InChI=1S/C14H15F3N4/c1-9(10-5-3-2-4-6-10)19-12-7-11(14(15,16)17)8-13(20-12)21-18/h2-9H,18H2,1H3,(H2,19,20,21). The smallest absolute Gasteiger partial charge is 0.363 e. The van der Waals surface area contributed by atoms with E-state index in [-0.39, 0.29) is 17.7 Å². The van der Waals surface area contributed by atoms with E-state index in [0.29, 0.717) is 0 Å². The van der Waals surface area contributed by atoms with Crippen LogP contribution in [0.1, 0.15) is 24.1 Å². The molecular formula is C14H15F3N4. The predicted molar refractivity (Wildman–Crippen MR) is 75.5 cm³/mol. The number of anilines is 2. The summed E-state index contributed by atoms with van der Waals surface area (Å²) in [7, 11) is 0. The van der Waals surface area contributed by atoms with E-state index in [1.54, 1.807) is 0 Å². The van der Waals surface area contributed by atoms with Gasteiger partial charge in [0.25, 0.3) is 0 Å². The SMILES string of the molecule is CC(Nc1cc(C(F)(F)F)cc(NN)n1)c1ccccc1. The minimum Gasteiger partial charge on any atom is -0.363 e. The molecule has 112 valence electrons. The van der Waals surface area contributed by atoms with Crippen molar-refractivity contribution in [3.8, 4) is 0 Å². The number of hydrogen-bond acceptors (Lipinski definition) is 4. The van der Waals surface area contributed by atoms with E-state index in [9.17, 15) is 13.2 Å². The average molecular weight is 296 g/mol. The molecule has 0 spiro atoms. The van der Waals surface area contributed by atoms with Gasteiger partial charge in [0.05, 0.1) is 5.56 Å². The van der Waals surface area contributed by atoms with Crippen molar-refractivity contribution < 1.29 is 13.2 Å². The van der Waals surface area contributed by atoms with Crippen LogP contribution < -0.4 is 16.6 Å². The molecule has 0 amide bonds. The Hall–Kier alpha value is -2.28.